The number of alkyl halides is 1. The van der Waals surface area contributed by atoms with Gasteiger partial charge >= 0.3 is 0 Å². The molecule has 2 aliphatic rings. The molecule has 1 fully saturated rings. The molecule has 1 aromatic rings. The quantitative estimate of drug-likeness (QED) is 0.843. The number of rotatable bonds is 3. The van der Waals surface area contributed by atoms with Crippen molar-refractivity contribution in [3.63, 3.8) is 0 Å². The number of amides is 1. The molecule has 124 valence electrons. The summed E-state index contributed by atoms with van der Waals surface area (Å²) in [5.74, 6) is -1.11. The predicted molar refractivity (Wildman–Crippen MR) is 90.5 cm³/mol. The first-order chi connectivity index (χ1) is 10.8. The average Bonchev–Trinajstić information content (AvgIpc) is 3.23. The van der Waals surface area contributed by atoms with Crippen molar-refractivity contribution in [3.8, 4) is 0 Å². The molecule has 0 spiro atoms. The van der Waals surface area contributed by atoms with Crippen LogP contribution in [0.1, 0.15) is 12.0 Å². The van der Waals surface area contributed by atoms with Crippen LogP contribution < -0.4 is 5.73 Å². The van der Waals surface area contributed by atoms with Gasteiger partial charge in [0, 0.05) is 30.0 Å². The molecule has 0 saturated heterocycles. The van der Waals surface area contributed by atoms with Gasteiger partial charge in [0.15, 0.2) is 5.17 Å². The third kappa shape index (κ3) is 2.38. The fraction of sp³-hybridized carbons (Fsp3) is 0.467. The molecule has 3 atom stereocenters. The van der Waals surface area contributed by atoms with E-state index in [4.69, 9.17) is 5.73 Å². The van der Waals surface area contributed by atoms with Crippen molar-refractivity contribution < 1.29 is 13.6 Å². The van der Waals surface area contributed by atoms with Crippen molar-refractivity contribution in [3.05, 3.63) is 34.1 Å². The molecule has 3 rings (SSSR count). The largest absolute Gasteiger partial charge is 0.378 e. The van der Waals surface area contributed by atoms with Gasteiger partial charge in [-0.05, 0) is 24.6 Å². The lowest BCUT2D eigenvalue weighted by Crippen LogP contribution is -2.45. The molecule has 1 aromatic carbocycles. The maximum atomic E-state index is 14.4. The van der Waals surface area contributed by atoms with E-state index in [1.54, 1.807) is 20.2 Å². The van der Waals surface area contributed by atoms with Gasteiger partial charge in [0.05, 0.1) is 0 Å². The molecule has 1 saturated carbocycles. The number of nitrogens with zero attached hydrogens (tertiary/aromatic N) is 2. The second-order valence-electron chi connectivity index (χ2n) is 6.08. The highest BCUT2D eigenvalue weighted by Crippen LogP contribution is 2.66. The van der Waals surface area contributed by atoms with Crippen molar-refractivity contribution >= 4 is 38.8 Å². The number of hydrogen-bond donors (Lipinski definition) is 1. The molecule has 1 aliphatic carbocycles. The van der Waals surface area contributed by atoms with Crippen LogP contribution in [0.2, 0.25) is 0 Å². The van der Waals surface area contributed by atoms with Crippen molar-refractivity contribution in [2.75, 3.05) is 20.8 Å². The first-order valence-electron chi connectivity index (χ1n) is 7.04. The van der Waals surface area contributed by atoms with Gasteiger partial charge in [-0.25, -0.2) is 13.8 Å². The van der Waals surface area contributed by atoms with Gasteiger partial charge in [0.25, 0.3) is 0 Å². The van der Waals surface area contributed by atoms with E-state index in [2.05, 4.69) is 20.9 Å². The number of thioether (sulfide) groups is 1. The summed E-state index contributed by atoms with van der Waals surface area (Å²) in [6.07, 6.45) is 0.425. The predicted octanol–water partition coefficient (Wildman–Crippen LogP) is 2.66. The molecule has 0 aromatic heterocycles. The minimum absolute atomic E-state index is 0.117. The van der Waals surface area contributed by atoms with E-state index in [0.29, 0.717) is 10.9 Å². The normalized spacial score (nSPS) is 32.0. The Morgan fingerprint density at radius 1 is 1.57 bits per heavy atom. The Kier molecular flexibility index (Phi) is 3.95. The molecule has 1 amide bonds. The standard InChI is InChI=1S/C15H16BrF2N3OS/c1-21(2)12(22)15-6-11(15)14(7-17,20-13(19)23-15)9-5-8(16)3-4-10(9)18/h3-5,11H,6-7H2,1-2H3,(H2,19,20)/t11-,14+,15-/m0/s1. The molecule has 2 N–H and O–H groups in total. The number of carbonyl (C=O) groups is 1. The first-order valence-corrected chi connectivity index (χ1v) is 8.65. The van der Waals surface area contributed by atoms with Crippen LogP contribution in [0.4, 0.5) is 8.78 Å². The van der Waals surface area contributed by atoms with Crippen LogP contribution in [0, 0.1) is 11.7 Å². The highest BCUT2D eigenvalue weighted by atomic mass is 79.9. The molecular weight excluding hydrogens is 388 g/mol. The van der Waals surface area contributed by atoms with Crippen molar-refractivity contribution in [2.24, 2.45) is 16.6 Å². The number of aliphatic imine (C=N–C) groups is 1. The summed E-state index contributed by atoms with van der Waals surface area (Å²) in [7, 11) is 3.29. The van der Waals surface area contributed by atoms with E-state index in [0.717, 1.165) is 11.8 Å². The maximum Gasteiger partial charge on any atom is 0.239 e. The maximum absolute atomic E-state index is 14.4. The van der Waals surface area contributed by atoms with E-state index in [1.165, 1.54) is 17.0 Å². The third-order valence-corrected chi connectivity index (χ3v) is 6.23. The Labute approximate surface area is 145 Å². The van der Waals surface area contributed by atoms with Gasteiger partial charge in [0.2, 0.25) is 5.91 Å². The number of benzene rings is 1. The molecule has 1 heterocycles. The van der Waals surface area contributed by atoms with Crippen molar-refractivity contribution in [2.45, 2.75) is 16.7 Å². The Hall–Kier alpha value is -1.15. The van der Waals surface area contributed by atoms with E-state index in [-0.39, 0.29) is 16.6 Å². The van der Waals surface area contributed by atoms with Gasteiger partial charge in [-0.1, -0.05) is 27.7 Å². The van der Waals surface area contributed by atoms with E-state index in [9.17, 15) is 13.6 Å². The molecule has 1 aliphatic heterocycles. The summed E-state index contributed by atoms with van der Waals surface area (Å²) in [6, 6.07) is 4.33. The topological polar surface area (TPSA) is 58.7 Å². The molecule has 0 unspecified atom stereocenters. The van der Waals surface area contributed by atoms with Gasteiger partial charge in [-0.2, -0.15) is 0 Å². The van der Waals surface area contributed by atoms with E-state index in [1.807, 2.05) is 0 Å². The second-order valence-corrected chi connectivity index (χ2v) is 8.35. The fourth-order valence-corrected chi connectivity index (χ4v) is 5.13. The van der Waals surface area contributed by atoms with E-state index >= 15 is 0 Å². The lowest BCUT2D eigenvalue weighted by molar-refractivity contribution is -0.129. The van der Waals surface area contributed by atoms with Crippen LogP contribution in [0.5, 0.6) is 0 Å². The summed E-state index contributed by atoms with van der Waals surface area (Å²) in [4.78, 5) is 18.3. The summed E-state index contributed by atoms with van der Waals surface area (Å²) in [5, 5.41) is 0.117. The number of nitrogens with two attached hydrogens (primary N) is 1. The molecule has 23 heavy (non-hydrogen) atoms. The smallest absolute Gasteiger partial charge is 0.239 e. The van der Waals surface area contributed by atoms with Crippen LogP contribution in [-0.2, 0) is 10.3 Å². The highest BCUT2D eigenvalue weighted by molar-refractivity contribution is 9.10. The number of carbonyl (C=O) groups excluding carboxylic acids is 1. The Bertz CT molecular complexity index is 714. The fourth-order valence-electron chi connectivity index (χ4n) is 3.33. The number of fused-ring (bicyclic) bond motifs is 1. The molecule has 8 heteroatoms. The van der Waals surface area contributed by atoms with Gasteiger partial charge in [-0.3, -0.25) is 4.79 Å². The number of halogens is 3. The Balaban J connectivity index is 2.15. The molecular formula is C15H16BrF2N3OS. The van der Waals surface area contributed by atoms with E-state index < -0.39 is 28.7 Å². The van der Waals surface area contributed by atoms with Crippen LogP contribution in [-0.4, -0.2) is 41.5 Å². The molecule has 0 bridgehead atoms. The van der Waals surface area contributed by atoms with Gasteiger partial charge in [0.1, 0.15) is 22.8 Å². The van der Waals surface area contributed by atoms with Crippen molar-refractivity contribution in [1.29, 1.82) is 0 Å². The summed E-state index contributed by atoms with van der Waals surface area (Å²) in [5.41, 5.74) is 4.58. The van der Waals surface area contributed by atoms with Crippen LogP contribution in [0.15, 0.2) is 27.7 Å². The van der Waals surface area contributed by atoms with Gasteiger partial charge < -0.3 is 10.6 Å². The lowest BCUT2D eigenvalue weighted by Gasteiger charge is -2.35. The number of amidine groups is 1. The van der Waals surface area contributed by atoms with Crippen LogP contribution >= 0.6 is 27.7 Å². The van der Waals surface area contributed by atoms with Crippen molar-refractivity contribution in [1.82, 2.24) is 4.90 Å². The minimum atomic E-state index is -1.45. The van der Waals surface area contributed by atoms with Crippen LogP contribution in [0.25, 0.3) is 0 Å². The SMILES string of the molecule is CN(C)C(=O)[C@]12C[C@H]1[C@@](CF)(c1cc(Br)ccc1F)N=C(N)S2. The number of hydrogen-bond acceptors (Lipinski definition) is 4. The molecule has 4 nitrogen and oxygen atoms in total. The zero-order valence-electron chi connectivity index (χ0n) is 12.6. The van der Waals surface area contributed by atoms with Crippen LogP contribution in [0.3, 0.4) is 0 Å². The molecule has 0 radical (unpaired) electrons. The minimum Gasteiger partial charge on any atom is -0.378 e. The lowest BCUT2D eigenvalue weighted by atomic mass is 9.85. The summed E-state index contributed by atoms with van der Waals surface area (Å²) < 4.78 is 28.3. The second kappa shape index (κ2) is 5.44. The zero-order chi connectivity index (χ0) is 17.0. The average molecular weight is 404 g/mol. The zero-order valence-corrected chi connectivity index (χ0v) is 15.0. The Morgan fingerprint density at radius 3 is 2.87 bits per heavy atom. The summed E-state index contributed by atoms with van der Waals surface area (Å²) >= 11 is 4.44. The first kappa shape index (κ1) is 16.7. The third-order valence-electron chi connectivity index (χ3n) is 4.45. The highest BCUT2D eigenvalue weighted by Gasteiger charge is 2.72. The summed E-state index contributed by atoms with van der Waals surface area (Å²) in [6.45, 7) is -0.908. The Morgan fingerprint density at radius 2 is 2.26 bits per heavy atom. The monoisotopic (exact) mass is 403 g/mol. The van der Waals surface area contributed by atoms with Gasteiger partial charge in [-0.15, -0.1) is 0 Å².